The summed E-state index contributed by atoms with van der Waals surface area (Å²) in [5.74, 6) is 0.706. The Kier molecular flexibility index (Phi) is 4.81. The van der Waals surface area contributed by atoms with E-state index in [0.717, 1.165) is 5.69 Å². The van der Waals surface area contributed by atoms with E-state index in [1.54, 1.807) is 0 Å². The molecule has 31 heavy (non-hydrogen) atoms. The predicted molar refractivity (Wildman–Crippen MR) is 134 cm³/mol. The van der Waals surface area contributed by atoms with Crippen LogP contribution in [0.5, 0.6) is 0 Å². The molecule has 1 nitrogen and oxygen atoms in total. The summed E-state index contributed by atoms with van der Waals surface area (Å²) in [5, 5.41) is 2.68. The van der Waals surface area contributed by atoms with Crippen LogP contribution in [0.25, 0.3) is 42.6 Å². The Balaban J connectivity index is 1.44. The molecule has 0 unspecified atom stereocenters. The van der Waals surface area contributed by atoms with Gasteiger partial charge in [0.15, 0.2) is 0 Å². The Hall–Kier alpha value is -2.97. The summed E-state index contributed by atoms with van der Waals surface area (Å²) in [6.07, 6.45) is 8.76. The Labute approximate surface area is 187 Å². The lowest BCUT2D eigenvalue weighted by Crippen LogP contribution is -2.04. The van der Waals surface area contributed by atoms with Crippen LogP contribution in [0, 0.1) is 0 Å². The third-order valence-electron chi connectivity index (χ3n) is 6.74. The van der Waals surface area contributed by atoms with Gasteiger partial charge in [0, 0.05) is 31.9 Å². The van der Waals surface area contributed by atoms with Crippen LogP contribution in [0.15, 0.2) is 85.1 Å². The van der Waals surface area contributed by atoms with Gasteiger partial charge in [0.25, 0.3) is 0 Å². The molecule has 0 spiro atoms. The Morgan fingerprint density at radius 2 is 1.58 bits per heavy atom. The molecule has 2 heteroatoms. The Morgan fingerprint density at radius 3 is 2.45 bits per heavy atom. The van der Waals surface area contributed by atoms with Crippen molar-refractivity contribution in [3.63, 3.8) is 0 Å². The summed E-state index contributed by atoms with van der Waals surface area (Å²) < 4.78 is 2.70. The fraction of sp³-hybridized carbons (Fsp3) is 0.207. The molecule has 2 heterocycles. The van der Waals surface area contributed by atoms with Crippen LogP contribution in [0.3, 0.4) is 0 Å². The van der Waals surface area contributed by atoms with Crippen molar-refractivity contribution in [2.45, 2.75) is 38.0 Å². The summed E-state index contributed by atoms with van der Waals surface area (Å²) in [7, 11) is 0. The van der Waals surface area contributed by atoms with Gasteiger partial charge in [-0.25, -0.2) is 0 Å². The van der Waals surface area contributed by atoms with Gasteiger partial charge in [-0.15, -0.1) is 11.3 Å². The molecule has 1 saturated carbocycles. The number of thiophene rings is 1. The molecule has 152 valence electrons. The van der Waals surface area contributed by atoms with Crippen LogP contribution >= 0.6 is 11.3 Å². The molecule has 3 aromatic carbocycles. The highest BCUT2D eigenvalue weighted by Gasteiger charge is 2.17. The van der Waals surface area contributed by atoms with Crippen molar-refractivity contribution in [1.29, 1.82) is 0 Å². The van der Waals surface area contributed by atoms with Gasteiger partial charge in [-0.3, -0.25) is 4.98 Å². The number of pyridine rings is 1. The van der Waals surface area contributed by atoms with E-state index in [0.29, 0.717) is 5.92 Å². The predicted octanol–water partition coefficient (Wildman–Crippen LogP) is 8.83. The molecule has 0 saturated heterocycles. The minimum Gasteiger partial charge on any atom is -0.256 e. The van der Waals surface area contributed by atoms with E-state index in [4.69, 9.17) is 4.98 Å². The van der Waals surface area contributed by atoms with E-state index >= 15 is 0 Å². The molecule has 0 N–H and O–H groups in total. The van der Waals surface area contributed by atoms with E-state index in [1.807, 2.05) is 17.5 Å². The summed E-state index contributed by atoms with van der Waals surface area (Å²) in [5.41, 5.74) is 6.39. The number of nitrogens with zero attached hydrogens (tertiary/aromatic N) is 1. The maximum absolute atomic E-state index is 4.73. The van der Waals surface area contributed by atoms with Crippen LogP contribution in [-0.2, 0) is 0 Å². The van der Waals surface area contributed by atoms with Crippen molar-refractivity contribution in [2.24, 2.45) is 0 Å². The van der Waals surface area contributed by atoms with Gasteiger partial charge in [-0.05, 0) is 53.6 Å². The third-order valence-corrected chi connectivity index (χ3v) is 7.94. The second-order valence-corrected chi connectivity index (χ2v) is 9.72. The first-order valence-corrected chi connectivity index (χ1v) is 12.2. The van der Waals surface area contributed by atoms with E-state index in [1.165, 1.54) is 74.5 Å². The quantitative estimate of drug-likeness (QED) is 0.285. The van der Waals surface area contributed by atoms with Gasteiger partial charge in [0.1, 0.15) is 0 Å². The van der Waals surface area contributed by atoms with Crippen molar-refractivity contribution in [3.05, 3.63) is 90.6 Å². The molecule has 0 amide bonds. The van der Waals surface area contributed by atoms with Crippen molar-refractivity contribution in [1.82, 2.24) is 4.98 Å². The molecular weight excluding hydrogens is 394 g/mol. The van der Waals surface area contributed by atoms with Crippen LogP contribution in [0.4, 0.5) is 0 Å². The molecular formula is C29H25NS. The number of benzene rings is 3. The van der Waals surface area contributed by atoms with Gasteiger partial charge >= 0.3 is 0 Å². The summed E-state index contributed by atoms with van der Waals surface area (Å²) >= 11 is 1.90. The zero-order chi connectivity index (χ0) is 20.6. The number of aromatic nitrogens is 1. The Morgan fingerprint density at radius 1 is 0.710 bits per heavy atom. The monoisotopic (exact) mass is 419 g/mol. The fourth-order valence-corrected chi connectivity index (χ4v) is 6.37. The van der Waals surface area contributed by atoms with Gasteiger partial charge in [-0.2, -0.15) is 0 Å². The molecule has 1 aliphatic rings. The normalized spacial score (nSPS) is 15.0. The fourth-order valence-electron chi connectivity index (χ4n) is 5.10. The molecule has 0 aliphatic heterocycles. The van der Waals surface area contributed by atoms with Crippen molar-refractivity contribution >= 4 is 31.5 Å². The molecule has 1 fully saturated rings. The maximum atomic E-state index is 4.73. The van der Waals surface area contributed by atoms with Crippen molar-refractivity contribution < 1.29 is 0 Å². The molecule has 0 radical (unpaired) electrons. The Bertz CT molecular complexity index is 1360. The second-order valence-electron chi connectivity index (χ2n) is 8.67. The van der Waals surface area contributed by atoms with Crippen LogP contribution < -0.4 is 0 Å². The van der Waals surface area contributed by atoms with Crippen LogP contribution in [-0.4, -0.2) is 4.98 Å². The highest BCUT2D eigenvalue weighted by molar-refractivity contribution is 7.26. The molecule has 2 aromatic heterocycles. The summed E-state index contributed by atoms with van der Waals surface area (Å²) in [4.78, 5) is 4.73. The topological polar surface area (TPSA) is 12.9 Å². The molecule has 5 aromatic rings. The largest absolute Gasteiger partial charge is 0.256 e. The highest BCUT2D eigenvalue weighted by Crippen LogP contribution is 2.41. The summed E-state index contributed by atoms with van der Waals surface area (Å²) in [6, 6.07) is 28.8. The smallest absolute Gasteiger partial charge is 0.0705 e. The third kappa shape index (κ3) is 3.45. The molecule has 0 bridgehead atoms. The zero-order valence-electron chi connectivity index (χ0n) is 17.6. The average molecular weight is 420 g/mol. The average Bonchev–Trinajstić information content (AvgIpc) is 3.23. The molecule has 6 rings (SSSR count). The van der Waals surface area contributed by atoms with Crippen LogP contribution in [0.1, 0.15) is 43.6 Å². The van der Waals surface area contributed by atoms with Gasteiger partial charge in [0.2, 0.25) is 0 Å². The standard InChI is InChI=1S/C29H25NS/c1-3-8-20(9-4-1)22-16-17-30-27(18-22)23-14-15-25-26-13-7-12-24(21-10-5-2-6-11-21)29(26)31-28(25)19-23/h2,5-7,10-20H,1,3-4,8-9H2. The number of rotatable bonds is 3. The van der Waals surface area contributed by atoms with E-state index in [2.05, 4.69) is 78.9 Å². The highest BCUT2D eigenvalue weighted by atomic mass is 32.1. The minimum absolute atomic E-state index is 0.706. The second kappa shape index (κ2) is 7.94. The lowest BCUT2D eigenvalue weighted by molar-refractivity contribution is 0.443. The van der Waals surface area contributed by atoms with Crippen molar-refractivity contribution in [3.8, 4) is 22.4 Å². The number of hydrogen-bond acceptors (Lipinski definition) is 2. The zero-order valence-corrected chi connectivity index (χ0v) is 18.4. The van der Waals surface area contributed by atoms with E-state index in [9.17, 15) is 0 Å². The summed E-state index contributed by atoms with van der Waals surface area (Å²) in [6.45, 7) is 0. The maximum Gasteiger partial charge on any atom is 0.0705 e. The van der Waals surface area contributed by atoms with Gasteiger partial charge in [0.05, 0.1) is 5.69 Å². The van der Waals surface area contributed by atoms with Gasteiger partial charge < -0.3 is 0 Å². The van der Waals surface area contributed by atoms with E-state index in [-0.39, 0.29) is 0 Å². The lowest BCUT2D eigenvalue weighted by atomic mass is 9.84. The first-order valence-electron chi connectivity index (χ1n) is 11.3. The van der Waals surface area contributed by atoms with E-state index < -0.39 is 0 Å². The SMILES string of the molecule is c1ccc(-c2cccc3c2sc2cc(-c4cc(C5CCCCC5)ccn4)ccc23)cc1. The first kappa shape index (κ1) is 18.8. The minimum atomic E-state index is 0.706. The van der Waals surface area contributed by atoms with Crippen LogP contribution in [0.2, 0.25) is 0 Å². The number of hydrogen-bond donors (Lipinski definition) is 0. The first-order chi connectivity index (χ1) is 15.4. The lowest BCUT2D eigenvalue weighted by Gasteiger charge is -2.22. The van der Waals surface area contributed by atoms with Gasteiger partial charge in [-0.1, -0.05) is 79.9 Å². The van der Waals surface area contributed by atoms with Crippen molar-refractivity contribution in [2.75, 3.05) is 0 Å². The number of fused-ring (bicyclic) bond motifs is 3. The molecule has 0 atom stereocenters. The molecule has 1 aliphatic carbocycles.